The molecule has 0 spiro atoms. The smallest absolute Gasteiger partial charge is 0.264 e. The Hall–Kier alpha value is -3.56. The summed E-state index contributed by atoms with van der Waals surface area (Å²) in [6.07, 6.45) is 0.725. The number of hydrogen-bond donors (Lipinski definition) is 1. The summed E-state index contributed by atoms with van der Waals surface area (Å²) in [6, 6.07) is 20.4. The van der Waals surface area contributed by atoms with Gasteiger partial charge in [-0.1, -0.05) is 54.9 Å². The van der Waals surface area contributed by atoms with Crippen LogP contribution in [-0.2, 0) is 26.2 Å². The number of benzene rings is 3. The third-order valence-corrected chi connectivity index (χ3v) is 8.43. The number of methoxy groups -OCH3 is 1. The van der Waals surface area contributed by atoms with E-state index in [1.807, 2.05) is 13.8 Å². The van der Waals surface area contributed by atoms with E-state index in [4.69, 9.17) is 16.3 Å². The second-order valence-electron chi connectivity index (χ2n) is 9.17. The molecule has 0 heterocycles. The van der Waals surface area contributed by atoms with Crippen molar-refractivity contribution in [3.8, 4) is 5.75 Å². The summed E-state index contributed by atoms with van der Waals surface area (Å²) >= 11 is 6.04. The zero-order valence-electron chi connectivity index (χ0n) is 22.5. The van der Waals surface area contributed by atoms with Gasteiger partial charge in [0.25, 0.3) is 10.0 Å². The lowest BCUT2D eigenvalue weighted by atomic mass is 10.1. The van der Waals surface area contributed by atoms with Crippen LogP contribution in [0, 0.1) is 0 Å². The highest BCUT2D eigenvalue weighted by Crippen LogP contribution is 2.27. The molecule has 8 nitrogen and oxygen atoms in total. The van der Waals surface area contributed by atoms with Crippen LogP contribution in [0.2, 0.25) is 5.02 Å². The molecule has 0 aliphatic heterocycles. The number of anilines is 1. The van der Waals surface area contributed by atoms with Gasteiger partial charge in [0, 0.05) is 23.7 Å². The van der Waals surface area contributed by atoms with E-state index >= 15 is 0 Å². The Balaban J connectivity index is 2.02. The fourth-order valence-electron chi connectivity index (χ4n) is 3.85. The monoisotopic (exact) mass is 571 g/mol. The van der Waals surface area contributed by atoms with Crippen LogP contribution in [0.15, 0.2) is 83.8 Å². The molecule has 0 unspecified atom stereocenters. The summed E-state index contributed by atoms with van der Waals surface area (Å²) in [6.45, 7) is 5.02. The van der Waals surface area contributed by atoms with Crippen LogP contribution in [0.1, 0.15) is 32.8 Å². The molecule has 0 aliphatic carbocycles. The third-order valence-electron chi connectivity index (χ3n) is 6.39. The van der Waals surface area contributed by atoms with Crippen molar-refractivity contribution < 1.29 is 22.7 Å². The Labute approximate surface area is 235 Å². The number of halogens is 1. The molecule has 0 saturated carbocycles. The highest BCUT2D eigenvalue weighted by Gasteiger charge is 2.32. The molecule has 3 aromatic carbocycles. The number of sulfonamides is 1. The molecule has 208 valence electrons. The summed E-state index contributed by atoms with van der Waals surface area (Å²) in [5.41, 5.74) is 1.00. The van der Waals surface area contributed by atoms with Gasteiger partial charge in [0.05, 0.1) is 17.7 Å². The van der Waals surface area contributed by atoms with Crippen molar-refractivity contribution in [3.05, 3.63) is 89.4 Å². The van der Waals surface area contributed by atoms with Crippen LogP contribution in [0.25, 0.3) is 0 Å². The van der Waals surface area contributed by atoms with E-state index < -0.39 is 28.5 Å². The first-order valence-corrected chi connectivity index (χ1v) is 14.4. The average molecular weight is 572 g/mol. The normalized spacial score (nSPS) is 12.7. The van der Waals surface area contributed by atoms with Crippen molar-refractivity contribution in [1.82, 2.24) is 10.2 Å². The van der Waals surface area contributed by atoms with Gasteiger partial charge in [-0.2, -0.15) is 0 Å². The van der Waals surface area contributed by atoms with E-state index in [-0.39, 0.29) is 29.1 Å². The van der Waals surface area contributed by atoms with Crippen LogP contribution in [0.3, 0.4) is 0 Å². The average Bonchev–Trinajstić information content (AvgIpc) is 2.95. The standard InChI is InChI=1S/C29H34ClN3O5S/c1-5-21(2)31-29(35)22(3)32(19-23-14-16-24(30)17-15-23)28(34)20-33(25-10-9-11-26(18-25)38-4)39(36,37)27-12-7-6-8-13-27/h6-18,21-22H,5,19-20H2,1-4H3,(H,31,35)/t21-,22-/m0/s1. The van der Waals surface area contributed by atoms with E-state index in [9.17, 15) is 18.0 Å². The maximum absolute atomic E-state index is 13.9. The summed E-state index contributed by atoms with van der Waals surface area (Å²) in [7, 11) is -2.66. The van der Waals surface area contributed by atoms with E-state index in [0.717, 1.165) is 16.3 Å². The minimum atomic E-state index is -4.14. The Bertz CT molecular complexity index is 1370. The third kappa shape index (κ3) is 7.74. The van der Waals surface area contributed by atoms with E-state index in [1.54, 1.807) is 73.7 Å². The zero-order valence-corrected chi connectivity index (χ0v) is 24.1. The quantitative estimate of drug-likeness (QED) is 0.334. The van der Waals surface area contributed by atoms with Crippen LogP contribution >= 0.6 is 11.6 Å². The van der Waals surface area contributed by atoms with Crippen molar-refractivity contribution in [3.63, 3.8) is 0 Å². The largest absolute Gasteiger partial charge is 0.497 e. The molecule has 3 rings (SSSR count). The maximum atomic E-state index is 13.9. The van der Waals surface area contributed by atoms with Gasteiger partial charge in [0.1, 0.15) is 18.3 Å². The first-order chi connectivity index (χ1) is 18.6. The summed E-state index contributed by atoms with van der Waals surface area (Å²) in [5.74, 6) is -0.433. The summed E-state index contributed by atoms with van der Waals surface area (Å²) in [4.78, 5) is 28.4. The molecule has 10 heteroatoms. The number of nitrogens with zero attached hydrogens (tertiary/aromatic N) is 2. The maximum Gasteiger partial charge on any atom is 0.264 e. The van der Waals surface area contributed by atoms with Gasteiger partial charge in [0.2, 0.25) is 11.8 Å². The van der Waals surface area contributed by atoms with Gasteiger partial charge in [-0.05, 0) is 62.2 Å². The number of rotatable bonds is 12. The second kappa shape index (κ2) is 13.5. The Kier molecular flexibility index (Phi) is 10.4. The number of ether oxygens (including phenoxy) is 1. The van der Waals surface area contributed by atoms with Crippen molar-refractivity contribution in [2.45, 2.75) is 50.7 Å². The SMILES string of the molecule is CC[C@H](C)NC(=O)[C@H](C)N(Cc1ccc(Cl)cc1)C(=O)CN(c1cccc(OC)c1)S(=O)(=O)c1ccccc1. The number of carbonyl (C=O) groups excluding carboxylic acids is 2. The molecule has 0 radical (unpaired) electrons. The molecular weight excluding hydrogens is 538 g/mol. The number of amides is 2. The highest BCUT2D eigenvalue weighted by molar-refractivity contribution is 7.92. The molecule has 0 aliphatic rings. The van der Waals surface area contributed by atoms with Gasteiger partial charge < -0.3 is 15.0 Å². The first kappa shape index (κ1) is 30.0. The van der Waals surface area contributed by atoms with E-state index in [1.165, 1.54) is 24.1 Å². The minimum Gasteiger partial charge on any atom is -0.497 e. The predicted octanol–water partition coefficient (Wildman–Crippen LogP) is 4.88. The van der Waals surface area contributed by atoms with Gasteiger partial charge in [-0.25, -0.2) is 8.42 Å². The zero-order chi connectivity index (χ0) is 28.6. The lowest BCUT2D eigenvalue weighted by Crippen LogP contribution is -2.52. The van der Waals surface area contributed by atoms with Crippen molar-refractivity contribution >= 4 is 39.1 Å². The predicted molar refractivity (Wildman–Crippen MR) is 153 cm³/mol. The highest BCUT2D eigenvalue weighted by atomic mass is 35.5. The molecule has 0 bridgehead atoms. The first-order valence-electron chi connectivity index (χ1n) is 12.6. The molecule has 0 fully saturated rings. The second-order valence-corrected chi connectivity index (χ2v) is 11.5. The summed E-state index contributed by atoms with van der Waals surface area (Å²) in [5, 5.41) is 3.45. The van der Waals surface area contributed by atoms with E-state index in [2.05, 4.69) is 5.32 Å². The molecule has 1 N–H and O–H groups in total. The molecule has 3 aromatic rings. The molecule has 2 amide bonds. The van der Waals surface area contributed by atoms with Crippen LogP contribution in [-0.4, -0.2) is 50.9 Å². The molecule has 39 heavy (non-hydrogen) atoms. The van der Waals surface area contributed by atoms with Crippen molar-refractivity contribution in [2.75, 3.05) is 18.0 Å². The van der Waals surface area contributed by atoms with Crippen molar-refractivity contribution in [2.24, 2.45) is 0 Å². The fraction of sp³-hybridized carbons (Fsp3) is 0.310. The molecule has 0 aromatic heterocycles. The van der Waals surface area contributed by atoms with Gasteiger partial charge >= 0.3 is 0 Å². The topological polar surface area (TPSA) is 96.0 Å². The molecule has 0 saturated heterocycles. The van der Waals surface area contributed by atoms with Crippen molar-refractivity contribution in [1.29, 1.82) is 0 Å². The number of nitrogens with one attached hydrogen (secondary N) is 1. The lowest BCUT2D eigenvalue weighted by Gasteiger charge is -2.32. The number of carbonyl (C=O) groups is 2. The Morgan fingerprint density at radius 1 is 0.974 bits per heavy atom. The van der Waals surface area contributed by atoms with Crippen LogP contribution in [0.5, 0.6) is 5.75 Å². The lowest BCUT2D eigenvalue weighted by molar-refractivity contribution is -0.139. The summed E-state index contributed by atoms with van der Waals surface area (Å²) < 4.78 is 33.9. The van der Waals surface area contributed by atoms with Crippen LogP contribution < -0.4 is 14.4 Å². The van der Waals surface area contributed by atoms with Crippen LogP contribution in [0.4, 0.5) is 5.69 Å². The van der Waals surface area contributed by atoms with Gasteiger partial charge in [-0.15, -0.1) is 0 Å². The minimum absolute atomic E-state index is 0.0347. The Morgan fingerprint density at radius 2 is 1.64 bits per heavy atom. The fourth-order valence-corrected chi connectivity index (χ4v) is 5.40. The number of hydrogen-bond acceptors (Lipinski definition) is 5. The molecular formula is C29H34ClN3O5S. The van der Waals surface area contributed by atoms with Gasteiger partial charge in [0.15, 0.2) is 0 Å². The molecule has 2 atom stereocenters. The Morgan fingerprint density at radius 3 is 2.26 bits per heavy atom. The van der Waals surface area contributed by atoms with Gasteiger partial charge in [-0.3, -0.25) is 13.9 Å². The van der Waals surface area contributed by atoms with E-state index in [0.29, 0.717) is 10.8 Å².